The van der Waals surface area contributed by atoms with Crippen LogP contribution in [-0.4, -0.2) is 20.9 Å². The summed E-state index contributed by atoms with van der Waals surface area (Å²) in [5.74, 6) is 0. The van der Waals surface area contributed by atoms with Crippen LogP contribution < -0.4 is 0 Å². The molecule has 3 aromatic rings. The van der Waals surface area contributed by atoms with E-state index in [9.17, 15) is 4.79 Å². The molecule has 0 spiro atoms. The van der Waals surface area contributed by atoms with E-state index in [2.05, 4.69) is 49.1 Å². The maximum atomic E-state index is 11.2. The second-order valence-corrected chi connectivity index (χ2v) is 5.61. The minimum absolute atomic E-state index is 0.455. The summed E-state index contributed by atoms with van der Waals surface area (Å²) in [6.45, 7) is 8.24. The van der Waals surface area contributed by atoms with Gasteiger partial charge in [0, 0.05) is 5.69 Å². The average molecular weight is 293 g/mol. The molecule has 0 saturated carbocycles. The maximum Gasteiger partial charge on any atom is 0.168 e. The highest BCUT2D eigenvalue weighted by Crippen LogP contribution is 2.33. The number of aryl methyl sites for hydroxylation is 4. The van der Waals surface area contributed by atoms with Gasteiger partial charge in [0.05, 0.1) is 11.3 Å². The average Bonchev–Trinajstić information content (AvgIpc) is 2.82. The monoisotopic (exact) mass is 293 g/mol. The van der Waals surface area contributed by atoms with Gasteiger partial charge in [-0.15, -0.1) is 0 Å². The molecule has 0 amide bonds. The molecule has 1 aromatic carbocycles. The van der Waals surface area contributed by atoms with Crippen LogP contribution in [0.25, 0.3) is 16.8 Å². The predicted molar refractivity (Wildman–Crippen MR) is 87.4 cm³/mol. The van der Waals surface area contributed by atoms with Crippen molar-refractivity contribution in [3.8, 4) is 11.1 Å². The quantitative estimate of drug-likeness (QED) is 0.692. The normalized spacial score (nSPS) is 11.1. The number of aromatic nitrogens is 3. The lowest BCUT2D eigenvalue weighted by Gasteiger charge is -2.10. The van der Waals surface area contributed by atoms with Crippen molar-refractivity contribution in [3.05, 3.63) is 52.5 Å². The van der Waals surface area contributed by atoms with Gasteiger partial charge in [-0.1, -0.05) is 25.1 Å². The van der Waals surface area contributed by atoms with Crippen molar-refractivity contribution in [2.24, 2.45) is 0 Å². The maximum absolute atomic E-state index is 11.2. The third kappa shape index (κ3) is 2.11. The van der Waals surface area contributed by atoms with Crippen LogP contribution in [0.5, 0.6) is 0 Å². The molecule has 0 bridgehead atoms. The first-order chi connectivity index (χ1) is 10.6. The largest absolute Gasteiger partial charge is 0.296 e. The Kier molecular flexibility index (Phi) is 3.53. The van der Waals surface area contributed by atoms with E-state index >= 15 is 0 Å². The first kappa shape index (κ1) is 14.4. The summed E-state index contributed by atoms with van der Waals surface area (Å²) < 4.78 is 1.86. The lowest BCUT2D eigenvalue weighted by molar-refractivity contribution is 0.111. The number of fused-ring (bicyclic) bond motifs is 1. The highest BCUT2D eigenvalue weighted by atomic mass is 16.1. The van der Waals surface area contributed by atoms with Gasteiger partial charge in [-0.05, 0) is 49.9 Å². The second kappa shape index (κ2) is 5.37. The minimum atomic E-state index is 0.455. The van der Waals surface area contributed by atoms with E-state index in [1.165, 1.54) is 11.1 Å². The third-order valence-corrected chi connectivity index (χ3v) is 4.07. The van der Waals surface area contributed by atoms with Crippen molar-refractivity contribution in [2.45, 2.75) is 34.1 Å². The molecular formula is C18H19N3O. The highest BCUT2D eigenvalue weighted by Gasteiger charge is 2.18. The van der Waals surface area contributed by atoms with Crippen molar-refractivity contribution in [1.29, 1.82) is 0 Å². The smallest absolute Gasteiger partial charge is 0.168 e. The summed E-state index contributed by atoms with van der Waals surface area (Å²) in [6.07, 6.45) is 1.60. The Morgan fingerprint density at radius 2 is 1.82 bits per heavy atom. The van der Waals surface area contributed by atoms with E-state index in [1.54, 1.807) is 6.07 Å². The second-order valence-electron chi connectivity index (χ2n) is 5.61. The van der Waals surface area contributed by atoms with Gasteiger partial charge in [-0.25, -0.2) is 9.50 Å². The summed E-state index contributed by atoms with van der Waals surface area (Å²) in [7, 11) is 0. The fraction of sp³-hybridized carbons (Fsp3) is 0.278. The van der Waals surface area contributed by atoms with Gasteiger partial charge >= 0.3 is 0 Å². The number of rotatable bonds is 3. The molecule has 4 heteroatoms. The van der Waals surface area contributed by atoms with Gasteiger partial charge in [0.2, 0.25) is 0 Å². The zero-order valence-electron chi connectivity index (χ0n) is 13.3. The zero-order valence-corrected chi connectivity index (χ0v) is 13.3. The van der Waals surface area contributed by atoms with Crippen LogP contribution in [0, 0.1) is 20.8 Å². The molecule has 0 radical (unpaired) electrons. The Morgan fingerprint density at radius 1 is 1.14 bits per heavy atom. The van der Waals surface area contributed by atoms with Crippen LogP contribution in [0.3, 0.4) is 0 Å². The molecule has 0 fully saturated rings. The molecule has 0 atom stereocenters. The molecule has 0 aliphatic rings. The fourth-order valence-electron chi connectivity index (χ4n) is 3.02. The Balaban J connectivity index is 2.44. The van der Waals surface area contributed by atoms with Gasteiger partial charge in [-0.3, -0.25) is 4.79 Å². The molecule has 22 heavy (non-hydrogen) atoms. The summed E-state index contributed by atoms with van der Waals surface area (Å²) >= 11 is 0. The van der Waals surface area contributed by atoms with E-state index < -0.39 is 0 Å². The highest BCUT2D eigenvalue weighted by molar-refractivity contribution is 5.85. The Morgan fingerprint density at radius 3 is 2.41 bits per heavy atom. The van der Waals surface area contributed by atoms with E-state index in [4.69, 9.17) is 0 Å². The van der Waals surface area contributed by atoms with E-state index in [0.717, 1.165) is 40.9 Å². The third-order valence-electron chi connectivity index (χ3n) is 4.07. The summed E-state index contributed by atoms with van der Waals surface area (Å²) in [4.78, 5) is 15.7. The van der Waals surface area contributed by atoms with Gasteiger partial charge < -0.3 is 0 Å². The number of nitrogens with zero attached hydrogens (tertiary/aromatic N) is 3. The summed E-state index contributed by atoms with van der Waals surface area (Å²) in [5, 5.41) is 4.66. The molecule has 2 aromatic heterocycles. The first-order valence-corrected chi connectivity index (χ1v) is 7.47. The number of hydrogen-bond donors (Lipinski definition) is 0. The van der Waals surface area contributed by atoms with Gasteiger partial charge in [-0.2, -0.15) is 5.10 Å². The fourth-order valence-corrected chi connectivity index (χ4v) is 3.02. The van der Waals surface area contributed by atoms with Crippen LogP contribution >= 0.6 is 0 Å². The van der Waals surface area contributed by atoms with Gasteiger partial charge in [0.15, 0.2) is 11.9 Å². The van der Waals surface area contributed by atoms with Crippen LogP contribution in [0.1, 0.15) is 39.9 Å². The van der Waals surface area contributed by atoms with E-state index in [-0.39, 0.29) is 0 Å². The van der Waals surface area contributed by atoms with Crippen LogP contribution in [-0.2, 0) is 6.42 Å². The van der Waals surface area contributed by atoms with Crippen LogP contribution in [0.4, 0.5) is 0 Å². The van der Waals surface area contributed by atoms with Crippen LogP contribution in [0.2, 0.25) is 0 Å². The molecule has 2 heterocycles. The van der Waals surface area contributed by atoms with E-state index in [0.29, 0.717) is 5.69 Å². The number of carbonyl (C=O) groups excluding carboxylic acids is 1. The molecule has 112 valence electrons. The van der Waals surface area contributed by atoms with Crippen molar-refractivity contribution in [1.82, 2.24) is 14.6 Å². The molecule has 4 nitrogen and oxygen atoms in total. The zero-order chi connectivity index (χ0) is 15.9. The van der Waals surface area contributed by atoms with E-state index in [1.807, 2.05) is 11.4 Å². The number of hydrogen-bond acceptors (Lipinski definition) is 3. The lowest BCUT2D eigenvalue weighted by atomic mass is 9.96. The molecule has 0 aliphatic carbocycles. The molecular weight excluding hydrogens is 274 g/mol. The summed E-state index contributed by atoms with van der Waals surface area (Å²) in [6, 6.07) is 8.04. The van der Waals surface area contributed by atoms with Gasteiger partial charge in [0.25, 0.3) is 0 Å². The molecule has 3 rings (SSSR count). The standard InChI is InChI=1S/C18H19N3O/c1-5-15-9-14(10-22)19-18-17(13(4)20-21(15)18)16-11(2)7-6-8-12(16)3/h6-10H,5H2,1-4H3. The number of benzene rings is 1. The lowest BCUT2D eigenvalue weighted by Crippen LogP contribution is -2.02. The molecule has 0 N–H and O–H groups in total. The van der Waals surface area contributed by atoms with Crippen LogP contribution in [0.15, 0.2) is 24.3 Å². The van der Waals surface area contributed by atoms with Crippen molar-refractivity contribution in [3.63, 3.8) is 0 Å². The Labute approximate surface area is 129 Å². The molecule has 0 unspecified atom stereocenters. The Bertz CT molecular complexity index is 857. The summed E-state index contributed by atoms with van der Waals surface area (Å²) in [5.41, 5.74) is 7.70. The SMILES string of the molecule is CCc1cc(C=O)nc2c(-c3c(C)cccc3C)c(C)nn12. The van der Waals surface area contributed by atoms with Crippen molar-refractivity contribution < 1.29 is 4.79 Å². The predicted octanol–water partition coefficient (Wildman–Crippen LogP) is 3.70. The minimum Gasteiger partial charge on any atom is -0.296 e. The van der Waals surface area contributed by atoms with Crippen molar-refractivity contribution in [2.75, 3.05) is 0 Å². The Hall–Kier alpha value is -2.49. The topological polar surface area (TPSA) is 47.3 Å². The van der Waals surface area contributed by atoms with Crippen molar-refractivity contribution >= 4 is 11.9 Å². The number of aldehydes is 1. The molecule has 0 aliphatic heterocycles. The number of carbonyl (C=O) groups is 1. The first-order valence-electron chi connectivity index (χ1n) is 7.47. The molecule has 0 saturated heterocycles. The van der Waals surface area contributed by atoms with Gasteiger partial charge in [0.1, 0.15) is 5.69 Å².